The zero-order chi connectivity index (χ0) is 25.5. The van der Waals surface area contributed by atoms with Gasteiger partial charge in [-0.25, -0.2) is 4.79 Å². The van der Waals surface area contributed by atoms with E-state index >= 15 is 0 Å². The fraction of sp³-hybridized carbons (Fsp3) is 0.577. The molecule has 5 fully saturated rings. The summed E-state index contributed by atoms with van der Waals surface area (Å²) in [5.41, 5.74) is 7.77. The monoisotopic (exact) mass is 505 g/mol. The molecular formula is C26H35N9O2. The van der Waals surface area contributed by atoms with E-state index in [-0.39, 0.29) is 23.8 Å². The van der Waals surface area contributed by atoms with Gasteiger partial charge in [0.05, 0.1) is 12.1 Å². The first kappa shape index (κ1) is 23.9. The van der Waals surface area contributed by atoms with Gasteiger partial charge in [0.15, 0.2) is 11.5 Å². The summed E-state index contributed by atoms with van der Waals surface area (Å²) in [5.74, 6) is 1.13. The van der Waals surface area contributed by atoms with Crippen LogP contribution in [0.1, 0.15) is 54.1 Å². The predicted octanol–water partition coefficient (Wildman–Crippen LogP) is 1.91. The van der Waals surface area contributed by atoms with E-state index in [0.29, 0.717) is 23.6 Å². The Morgan fingerprint density at radius 2 is 1.81 bits per heavy atom. The summed E-state index contributed by atoms with van der Waals surface area (Å²) in [5, 5.41) is 15.2. The van der Waals surface area contributed by atoms with Crippen LogP contribution >= 0.6 is 0 Å². The minimum atomic E-state index is -0.677. The molecule has 11 nitrogen and oxygen atoms in total. The quantitative estimate of drug-likeness (QED) is 0.542. The largest absolute Gasteiger partial charge is 0.364 e. The molecule has 0 radical (unpaired) electrons. The molecular weight excluding hydrogens is 470 g/mol. The highest BCUT2D eigenvalue weighted by Gasteiger charge is 2.47. The molecule has 1 saturated carbocycles. The van der Waals surface area contributed by atoms with Crippen LogP contribution in [0.25, 0.3) is 0 Å². The van der Waals surface area contributed by atoms with Crippen LogP contribution in [0.5, 0.6) is 0 Å². The van der Waals surface area contributed by atoms with Gasteiger partial charge in [0.2, 0.25) is 5.95 Å². The van der Waals surface area contributed by atoms with Gasteiger partial charge < -0.3 is 31.1 Å². The molecule has 0 spiro atoms. The van der Waals surface area contributed by atoms with Gasteiger partial charge in [-0.15, -0.1) is 10.2 Å². The van der Waals surface area contributed by atoms with Crippen molar-refractivity contribution in [3.05, 3.63) is 35.5 Å². The molecule has 2 aromatic rings. The number of nitrogens with two attached hydrogens (primary N) is 1. The molecule has 5 aliphatic rings. The number of nitrogens with zero attached hydrogens (tertiary/aromatic N) is 6. The lowest BCUT2D eigenvalue weighted by Crippen LogP contribution is -2.62. The molecule has 4 aliphatic heterocycles. The SMILES string of the molecule is CN1CCN(C2CC3CCC2N(c2nnc(C(N)=O)c(Nc4ccc(C5CCNCC5)cc4)n2)C3)C1=O. The second-order valence-corrected chi connectivity index (χ2v) is 10.8. The lowest BCUT2D eigenvalue weighted by molar-refractivity contribution is 0.0993. The number of urea groups is 1. The van der Waals surface area contributed by atoms with E-state index in [9.17, 15) is 9.59 Å². The van der Waals surface area contributed by atoms with Gasteiger partial charge in [-0.2, -0.15) is 4.98 Å². The van der Waals surface area contributed by atoms with Crippen LogP contribution in [0.3, 0.4) is 0 Å². The summed E-state index contributed by atoms with van der Waals surface area (Å²) in [6, 6.07) is 8.64. The maximum Gasteiger partial charge on any atom is 0.320 e. The molecule has 4 saturated heterocycles. The van der Waals surface area contributed by atoms with Gasteiger partial charge in [0, 0.05) is 32.4 Å². The Morgan fingerprint density at radius 1 is 1.03 bits per heavy atom. The van der Waals surface area contributed by atoms with Crippen LogP contribution in [0.15, 0.2) is 24.3 Å². The van der Waals surface area contributed by atoms with E-state index in [1.165, 1.54) is 5.56 Å². The minimum Gasteiger partial charge on any atom is -0.364 e. The average molecular weight is 506 g/mol. The van der Waals surface area contributed by atoms with E-state index in [4.69, 9.17) is 10.7 Å². The number of fused-ring (bicyclic) bond motifs is 3. The molecule has 37 heavy (non-hydrogen) atoms. The fourth-order valence-corrected chi connectivity index (χ4v) is 6.52. The van der Waals surface area contributed by atoms with Crippen molar-refractivity contribution in [3.8, 4) is 0 Å². The van der Waals surface area contributed by atoms with Gasteiger partial charge in [0.1, 0.15) is 0 Å². The third-order valence-electron chi connectivity index (χ3n) is 8.54. The number of carbonyl (C=O) groups excluding carboxylic acids is 2. The zero-order valence-corrected chi connectivity index (χ0v) is 21.3. The lowest BCUT2D eigenvalue weighted by Gasteiger charge is -2.52. The Hall–Kier alpha value is -3.47. The van der Waals surface area contributed by atoms with Crippen molar-refractivity contribution in [2.75, 3.05) is 50.0 Å². The van der Waals surface area contributed by atoms with Crippen molar-refractivity contribution in [2.24, 2.45) is 11.7 Å². The van der Waals surface area contributed by atoms with Crippen LogP contribution in [-0.2, 0) is 0 Å². The Labute approximate surface area is 216 Å². The van der Waals surface area contributed by atoms with Crippen LogP contribution in [0.4, 0.5) is 22.2 Å². The normalized spacial score (nSPS) is 26.1. The summed E-state index contributed by atoms with van der Waals surface area (Å²) in [6.45, 7) is 4.41. The van der Waals surface area contributed by atoms with Crippen LogP contribution in [0, 0.1) is 5.92 Å². The molecule has 2 bridgehead atoms. The second-order valence-electron chi connectivity index (χ2n) is 10.8. The van der Waals surface area contributed by atoms with Crippen molar-refractivity contribution in [3.63, 3.8) is 0 Å². The Morgan fingerprint density at radius 3 is 2.49 bits per heavy atom. The van der Waals surface area contributed by atoms with Crippen LogP contribution < -0.4 is 21.3 Å². The lowest BCUT2D eigenvalue weighted by atomic mass is 9.76. The van der Waals surface area contributed by atoms with E-state index in [2.05, 4.69) is 37.9 Å². The molecule has 196 valence electrons. The highest BCUT2D eigenvalue weighted by atomic mass is 16.2. The minimum absolute atomic E-state index is 0.0150. The first-order valence-corrected chi connectivity index (χ1v) is 13.4. The van der Waals surface area contributed by atoms with Crippen molar-refractivity contribution in [1.82, 2.24) is 30.3 Å². The first-order chi connectivity index (χ1) is 18.0. The van der Waals surface area contributed by atoms with E-state index in [1.54, 1.807) is 4.90 Å². The molecule has 1 aromatic carbocycles. The third kappa shape index (κ3) is 4.56. The highest BCUT2D eigenvalue weighted by Crippen LogP contribution is 2.40. The number of rotatable bonds is 6. The number of hydrogen-bond donors (Lipinski definition) is 3. The molecule has 3 atom stereocenters. The van der Waals surface area contributed by atoms with Crippen molar-refractivity contribution in [1.29, 1.82) is 0 Å². The molecule has 3 unspecified atom stereocenters. The maximum atomic E-state index is 12.8. The van der Waals surface area contributed by atoms with Gasteiger partial charge in [0.25, 0.3) is 5.91 Å². The smallest absolute Gasteiger partial charge is 0.320 e. The summed E-state index contributed by atoms with van der Waals surface area (Å²) in [7, 11) is 1.85. The number of hydrogen-bond acceptors (Lipinski definition) is 8. The van der Waals surface area contributed by atoms with Crippen LogP contribution in [-0.4, -0.2) is 88.8 Å². The van der Waals surface area contributed by atoms with Gasteiger partial charge >= 0.3 is 6.03 Å². The first-order valence-electron chi connectivity index (χ1n) is 13.4. The number of primary amides is 1. The average Bonchev–Trinajstić information content (AvgIpc) is 3.27. The maximum absolute atomic E-state index is 12.8. The molecule has 3 amide bonds. The Balaban J connectivity index is 1.25. The molecule has 1 aromatic heterocycles. The number of amides is 3. The molecule has 1 aliphatic carbocycles. The van der Waals surface area contributed by atoms with Gasteiger partial charge in [-0.05, 0) is 74.7 Å². The summed E-state index contributed by atoms with van der Waals surface area (Å²) in [6.07, 6.45) is 5.38. The summed E-state index contributed by atoms with van der Waals surface area (Å²) in [4.78, 5) is 35.6. The molecule has 5 heterocycles. The molecule has 11 heteroatoms. The topological polar surface area (TPSA) is 133 Å². The van der Waals surface area contributed by atoms with Gasteiger partial charge in [-0.3, -0.25) is 4.79 Å². The van der Waals surface area contributed by atoms with E-state index < -0.39 is 5.91 Å². The van der Waals surface area contributed by atoms with Crippen molar-refractivity contribution >= 4 is 29.4 Å². The highest BCUT2D eigenvalue weighted by molar-refractivity contribution is 5.96. The summed E-state index contributed by atoms with van der Waals surface area (Å²) < 4.78 is 0. The Bertz CT molecular complexity index is 1170. The number of likely N-dealkylation sites (N-methyl/N-ethyl adjacent to an activating group) is 1. The third-order valence-corrected chi connectivity index (χ3v) is 8.54. The summed E-state index contributed by atoms with van der Waals surface area (Å²) >= 11 is 0. The van der Waals surface area contributed by atoms with E-state index in [1.807, 2.05) is 24.1 Å². The number of benzene rings is 1. The van der Waals surface area contributed by atoms with Crippen LogP contribution in [0.2, 0.25) is 0 Å². The zero-order valence-electron chi connectivity index (χ0n) is 21.3. The van der Waals surface area contributed by atoms with Gasteiger partial charge in [-0.1, -0.05) is 12.1 Å². The van der Waals surface area contributed by atoms with Crippen molar-refractivity contribution in [2.45, 2.75) is 50.1 Å². The second kappa shape index (κ2) is 9.77. The number of nitrogens with one attached hydrogen (secondary N) is 2. The predicted molar refractivity (Wildman–Crippen MR) is 140 cm³/mol. The standard InChI is InChI=1S/C26H35N9O2/c1-33-12-13-34(26(33)37)21-14-16-2-7-20(21)35(15-16)25-30-24(22(23(27)36)31-32-25)29-19-5-3-17(4-6-19)18-8-10-28-11-9-18/h3-6,16,18,20-21,28H,2,7-15H2,1H3,(H2,27,36)(H,29,30,32). The fourth-order valence-electron chi connectivity index (χ4n) is 6.52. The molecule has 4 N–H and O–H groups in total. The molecule has 7 rings (SSSR count). The van der Waals surface area contributed by atoms with E-state index in [0.717, 1.165) is 70.5 Å². The number of aromatic nitrogens is 3. The Kier molecular flexibility index (Phi) is 6.31. The van der Waals surface area contributed by atoms with Crippen molar-refractivity contribution < 1.29 is 9.59 Å². The number of anilines is 3. The number of piperidine rings is 3. The number of carbonyl (C=O) groups is 2.